The lowest BCUT2D eigenvalue weighted by molar-refractivity contribution is -0.161. The van der Waals surface area contributed by atoms with E-state index in [0.717, 1.165) is 16.0 Å². The number of fused-ring (bicyclic) bond motifs is 1. The molecule has 1 fully saturated rings. The Balaban J connectivity index is 1.28. The van der Waals surface area contributed by atoms with Crippen LogP contribution in [0.3, 0.4) is 0 Å². The molecule has 1 unspecified atom stereocenters. The van der Waals surface area contributed by atoms with E-state index in [1.54, 1.807) is 24.3 Å². The van der Waals surface area contributed by atoms with E-state index >= 15 is 0 Å². The number of carbonyl (C=O) groups is 4. The molecule has 0 bridgehead atoms. The summed E-state index contributed by atoms with van der Waals surface area (Å²) in [7, 11) is 0. The minimum absolute atomic E-state index is 0.123. The Morgan fingerprint density at radius 2 is 1.67 bits per heavy atom. The number of esters is 2. The third kappa shape index (κ3) is 6.43. The van der Waals surface area contributed by atoms with Crippen molar-refractivity contribution in [3.05, 3.63) is 136 Å². The lowest BCUT2D eigenvalue weighted by atomic mass is 9.80. The zero-order valence-corrected chi connectivity index (χ0v) is 26.0. The van der Waals surface area contributed by atoms with Crippen LogP contribution >= 0.6 is 23.1 Å². The highest BCUT2D eigenvalue weighted by atomic mass is 32.2. The lowest BCUT2D eigenvalue weighted by Gasteiger charge is -2.57. The first-order valence-electron chi connectivity index (χ1n) is 14.4. The van der Waals surface area contributed by atoms with Gasteiger partial charge in [0.05, 0.1) is 6.42 Å². The van der Waals surface area contributed by atoms with E-state index in [1.165, 1.54) is 34.9 Å². The largest absolute Gasteiger partial charge is 0.448 e. The van der Waals surface area contributed by atoms with Gasteiger partial charge in [-0.15, -0.1) is 23.1 Å². The number of thiophene rings is 1. The summed E-state index contributed by atoms with van der Waals surface area (Å²) in [6.45, 7) is 1.32. The molecular weight excluding hydrogens is 609 g/mol. The van der Waals surface area contributed by atoms with Gasteiger partial charge in [0.15, 0.2) is 11.6 Å². The van der Waals surface area contributed by atoms with Crippen LogP contribution in [0.5, 0.6) is 5.75 Å². The third-order valence-corrected chi connectivity index (χ3v) is 9.77. The minimum atomic E-state index is -1.33. The van der Waals surface area contributed by atoms with Crippen molar-refractivity contribution in [3.8, 4) is 5.75 Å². The molecule has 45 heavy (non-hydrogen) atoms. The molecule has 228 valence electrons. The molecular formula is C35H30N2O6S2. The molecule has 3 aromatic carbocycles. The zero-order chi connectivity index (χ0) is 31.4. The van der Waals surface area contributed by atoms with E-state index in [-0.39, 0.29) is 24.4 Å². The Bertz CT molecular complexity index is 1700. The summed E-state index contributed by atoms with van der Waals surface area (Å²) in [4.78, 5) is 55.3. The summed E-state index contributed by atoms with van der Waals surface area (Å²) in [6.07, 6.45) is 1.29. The van der Waals surface area contributed by atoms with Gasteiger partial charge in [0.25, 0.3) is 5.91 Å². The van der Waals surface area contributed by atoms with Gasteiger partial charge < -0.3 is 14.8 Å². The SMILES string of the molecule is CC(=O)Oc1cccc(CC2(NC(=O)Cc3cccs3)C(=O)N3C(C(=O)OC(c4ccccc4)c4ccccc4)=CCS[C@H]32)c1. The summed E-state index contributed by atoms with van der Waals surface area (Å²) < 4.78 is 11.4. The quantitative estimate of drug-likeness (QED) is 0.140. The van der Waals surface area contributed by atoms with E-state index in [2.05, 4.69) is 5.32 Å². The number of rotatable bonds is 10. The number of amides is 2. The molecule has 0 spiro atoms. The summed E-state index contributed by atoms with van der Waals surface area (Å²) >= 11 is 2.93. The molecule has 4 aromatic rings. The number of benzene rings is 3. The molecule has 0 saturated carbocycles. The summed E-state index contributed by atoms with van der Waals surface area (Å²) in [5, 5.41) is 4.38. The van der Waals surface area contributed by atoms with Gasteiger partial charge in [-0.1, -0.05) is 78.9 Å². The summed E-state index contributed by atoms with van der Waals surface area (Å²) in [6, 6.07) is 29.5. The van der Waals surface area contributed by atoms with Gasteiger partial charge in [0.2, 0.25) is 5.91 Å². The Kier molecular flexibility index (Phi) is 8.86. The highest BCUT2D eigenvalue weighted by Crippen LogP contribution is 2.47. The standard InChI is InChI=1S/C35H30N2O6S2/c1-23(38)42-27-15-8-10-24(20-27)22-35(36-30(39)21-28-16-9-18-44-28)33(41)37-29(17-19-45-34(35)37)32(40)43-31(25-11-4-2-5-12-25)26-13-6-3-7-14-26/h2-18,20,31,34H,19,21-22H2,1H3,(H,36,39)/t34-,35?/m0/s1. The van der Waals surface area contributed by atoms with Gasteiger partial charge in [-0.05, 0) is 46.3 Å². The molecule has 2 amide bonds. The molecule has 10 heteroatoms. The van der Waals surface area contributed by atoms with Crippen LogP contribution in [0.2, 0.25) is 0 Å². The number of β-lactam (4-membered cyclic amide) rings is 1. The highest BCUT2D eigenvalue weighted by molar-refractivity contribution is 8.00. The molecule has 3 heterocycles. The molecule has 0 aliphatic carbocycles. The predicted octanol–water partition coefficient (Wildman–Crippen LogP) is 5.45. The molecule has 1 N–H and O–H groups in total. The number of carbonyl (C=O) groups excluding carboxylic acids is 4. The summed E-state index contributed by atoms with van der Waals surface area (Å²) in [5.74, 6) is -1.00. The number of hydrogen-bond acceptors (Lipinski definition) is 8. The highest BCUT2D eigenvalue weighted by Gasteiger charge is 2.64. The van der Waals surface area contributed by atoms with Crippen LogP contribution in [-0.4, -0.2) is 45.3 Å². The first-order valence-corrected chi connectivity index (χ1v) is 16.3. The maximum absolute atomic E-state index is 14.2. The molecule has 2 aliphatic heterocycles. The van der Waals surface area contributed by atoms with E-state index < -0.39 is 34.9 Å². The number of thioether (sulfide) groups is 1. The van der Waals surface area contributed by atoms with Crippen molar-refractivity contribution in [2.24, 2.45) is 0 Å². The van der Waals surface area contributed by atoms with Gasteiger partial charge in [-0.25, -0.2) is 4.79 Å². The van der Waals surface area contributed by atoms with Crippen molar-refractivity contribution >= 4 is 46.9 Å². The summed E-state index contributed by atoms with van der Waals surface area (Å²) in [5.41, 5.74) is 1.13. The average Bonchev–Trinajstić information content (AvgIpc) is 3.56. The monoisotopic (exact) mass is 638 g/mol. The number of nitrogens with one attached hydrogen (secondary N) is 1. The second-order valence-electron chi connectivity index (χ2n) is 10.8. The molecule has 6 rings (SSSR count). The van der Waals surface area contributed by atoms with Gasteiger partial charge >= 0.3 is 11.9 Å². The van der Waals surface area contributed by atoms with Crippen molar-refractivity contribution < 1.29 is 28.7 Å². The Morgan fingerprint density at radius 3 is 2.31 bits per heavy atom. The molecule has 1 saturated heterocycles. The van der Waals surface area contributed by atoms with Crippen LogP contribution in [0.4, 0.5) is 0 Å². The van der Waals surface area contributed by atoms with Crippen LogP contribution < -0.4 is 10.1 Å². The van der Waals surface area contributed by atoms with Gasteiger partial charge in [-0.3, -0.25) is 19.3 Å². The molecule has 0 radical (unpaired) electrons. The van der Waals surface area contributed by atoms with Crippen molar-refractivity contribution in [3.63, 3.8) is 0 Å². The van der Waals surface area contributed by atoms with Crippen molar-refractivity contribution in [1.29, 1.82) is 0 Å². The van der Waals surface area contributed by atoms with E-state index in [9.17, 15) is 19.2 Å². The van der Waals surface area contributed by atoms with Gasteiger partial charge in [0, 0.05) is 24.0 Å². The van der Waals surface area contributed by atoms with Crippen molar-refractivity contribution in [2.45, 2.75) is 36.8 Å². The normalized spacial score (nSPS) is 18.8. The maximum atomic E-state index is 14.2. The number of hydrogen-bond donors (Lipinski definition) is 1. The van der Waals surface area contributed by atoms with E-state index in [1.807, 2.05) is 84.2 Å². The molecule has 1 aromatic heterocycles. The predicted molar refractivity (Wildman–Crippen MR) is 172 cm³/mol. The van der Waals surface area contributed by atoms with Gasteiger partial charge in [0.1, 0.15) is 16.8 Å². The van der Waals surface area contributed by atoms with Crippen molar-refractivity contribution in [1.82, 2.24) is 10.2 Å². The Hall–Kier alpha value is -4.67. The number of nitrogens with zero attached hydrogens (tertiary/aromatic N) is 1. The molecule has 2 aliphatic rings. The Morgan fingerprint density at radius 1 is 0.956 bits per heavy atom. The van der Waals surface area contributed by atoms with Crippen LogP contribution in [0.25, 0.3) is 0 Å². The smallest absolute Gasteiger partial charge is 0.355 e. The molecule has 2 atom stereocenters. The Labute approximate surface area is 269 Å². The fourth-order valence-electron chi connectivity index (χ4n) is 5.68. The first-order chi connectivity index (χ1) is 21.8. The van der Waals surface area contributed by atoms with E-state index in [4.69, 9.17) is 9.47 Å². The zero-order valence-electron chi connectivity index (χ0n) is 24.4. The lowest BCUT2D eigenvalue weighted by Crippen LogP contribution is -2.80. The second kappa shape index (κ2) is 13.1. The number of ether oxygens (including phenoxy) is 2. The fourth-order valence-corrected chi connectivity index (χ4v) is 7.70. The molecule has 8 nitrogen and oxygen atoms in total. The van der Waals surface area contributed by atoms with E-state index in [0.29, 0.717) is 17.1 Å². The minimum Gasteiger partial charge on any atom is -0.448 e. The van der Waals surface area contributed by atoms with Gasteiger partial charge in [-0.2, -0.15) is 0 Å². The van der Waals surface area contributed by atoms with Crippen LogP contribution in [0, 0.1) is 0 Å². The average molecular weight is 639 g/mol. The maximum Gasteiger partial charge on any atom is 0.355 e. The first kappa shape index (κ1) is 30.4. The third-order valence-electron chi connectivity index (χ3n) is 7.61. The topological polar surface area (TPSA) is 102 Å². The van der Waals surface area contributed by atoms with Crippen molar-refractivity contribution in [2.75, 3.05) is 5.75 Å². The second-order valence-corrected chi connectivity index (χ2v) is 12.9. The van der Waals surface area contributed by atoms with Crippen LogP contribution in [0.1, 0.15) is 34.6 Å². The van der Waals surface area contributed by atoms with Crippen LogP contribution in [0.15, 0.2) is 114 Å². The van der Waals surface area contributed by atoms with Crippen LogP contribution in [-0.2, 0) is 36.8 Å². The fraction of sp³-hybridized carbons (Fsp3) is 0.200.